The number of halogens is 1. The second-order valence-electron chi connectivity index (χ2n) is 5.99. The van der Waals surface area contributed by atoms with E-state index in [2.05, 4.69) is 10.7 Å². The van der Waals surface area contributed by atoms with E-state index < -0.39 is 17.5 Å². The molecular formula is C16H18FN3O3S. The van der Waals surface area contributed by atoms with Gasteiger partial charge in [0.1, 0.15) is 11.4 Å². The number of benzene rings is 1. The number of urea groups is 1. The van der Waals surface area contributed by atoms with E-state index in [1.54, 1.807) is 12.1 Å². The molecule has 1 aliphatic heterocycles. The van der Waals surface area contributed by atoms with E-state index >= 15 is 0 Å². The lowest BCUT2D eigenvalue weighted by Gasteiger charge is -2.30. The zero-order valence-electron chi connectivity index (χ0n) is 13.0. The second-order valence-corrected chi connectivity index (χ2v) is 7.04. The number of hydrogen-bond acceptors (Lipinski definition) is 4. The average molecular weight is 351 g/mol. The normalized spacial score (nSPS) is 19.5. The number of nitrogens with one attached hydrogen (secondary N) is 2. The van der Waals surface area contributed by atoms with Crippen LogP contribution in [0.15, 0.2) is 29.2 Å². The summed E-state index contributed by atoms with van der Waals surface area (Å²) in [6, 6.07) is 5.17. The summed E-state index contributed by atoms with van der Waals surface area (Å²) in [5.74, 6) is -1.16. The van der Waals surface area contributed by atoms with Crippen molar-refractivity contribution in [2.45, 2.75) is 42.5 Å². The van der Waals surface area contributed by atoms with Gasteiger partial charge in [-0.2, -0.15) is 5.01 Å². The molecule has 1 spiro atoms. The molecule has 8 heteroatoms. The summed E-state index contributed by atoms with van der Waals surface area (Å²) in [4.78, 5) is 37.3. The number of hydrazine groups is 1. The van der Waals surface area contributed by atoms with E-state index in [4.69, 9.17) is 0 Å². The predicted molar refractivity (Wildman–Crippen MR) is 86.5 cm³/mol. The van der Waals surface area contributed by atoms with Crippen LogP contribution in [0.25, 0.3) is 0 Å². The van der Waals surface area contributed by atoms with Gasteiger partial charge in [0.25, 0.3) is 5.91 Å². The highest BCUT2D eigenvalue weighted by atomic mass is 32.2. The fourth-order valence-electron chi connectivity index (χ4n) is 3.05. The fourth-order valence-corrected chi connectivity index (χ4v) is 3.74. The Balaban J connectivity index is 1.56. The lowest BCUT2D eigenvalue weighted by Crippen LogP contribution is -2.51. The summed E-state index contributed by atoms with van der Waals surface area (Å²) >= 11 is 1.20. The Morgan fingerprint density at radius 3 is 2.54 bits per heavy atom. The Hall–Kier alpha value is -2.09. The number of thioether (sulfide) groups is 1. The summed E-state index contributed by atoms with van der Waals surface area (Å²) in [6.45, 7) is 0. The van der Waals surface area contributed by atoms with Crippen LogP contribution in [0, 0.1) is 5.82 Å². The van der Waals surface area contributed by atoms with Crippen molar-refractivity contribution in [2.24, 2.45) is 0 Å². The maximum atomic E-state index is 12.8. The molecule has 0 unspecified atom stereocenters. The predicted octanol–water partition coefficient (Wildman–Crippen LogP) is 2.20. The molecule has 1 aromatic rings. The minimum absolute atomic E-state index is 0.0235. The molecule has 6 nitrogen and oxygen atoms in total. The number of imide groups is 1. The number of carbonyl (C=O) groups excluding carboxylic acids is 3. The third-order valence-corrected chi connectivity index (χ3v) is 5.30. The summed E-state index contributed by atoms with van der Waals surface area (Å²) in [5, 5.41) is 3.52. The van der Waals surface area contributed by atoms with Crippen LogP contribution in [0.5, 0.6) is 0 Å². The van der Waals surface area contributed by atoms with Gasteiger partial charge in [-0.3, -0.25) is 15.0 Å². The monoisotopic (exact) mass is 351 g/mol. The van der Waals surface area contributed by atoms with Crippen LogP contribution in [0.3, 0.4) is 0 Å². The van der Waals surface area contributed by atoms with Gasteiger partial charge in [-0.05, 0) is 37.1 Å². The van der Waals surface area contributed by atoms with Gasteiger partial charge in [-0.15, -0.1) is 11.8 Å². The lowest BCUT2D eigenvalue weighted by atomic mass is 9.82. The summed E-state index contributed by atoms with van der Waals surface area (Å²) in [5.41, 5.74) is 1.52. The van der Waals surface area contributed by atoms with Gasteiger partial charge in [-0.1, -0.05) is 19.3 Å². The first-order valence-electron chi connectivity index (χ1n) is 7.85. The zero-order valence-corrected chi connectivity index (χ0v) is 13.8. The van der Waals surface area contributed by atoms with Gasteiger partial charge in [0, 0.05) is 4.90 Å². The van der Waals surface area contributed by atoms with Crippen LogP contribution >= 0.6 is 11.8 Å². The van der Waals surface area contributed by atoms with Crippen molar-refractivity contribution in [3.63, 3.8) is 0 Å². The van der Waals surface area contributed by atoms with E-state index in [1.807, 2.05) is 0 Å². The Morgan fingerprint density at radius 2 is 1.88 bits per heavy atom. The van der Waals surface area contributed by atoms with E-state index in [9.17, 15) is 18.8 Å². The van der Waals surface area contributed by atoms with Gasteiger partial charge < -0.3 is 5.32 Å². The first-order chi connectivity index (χ1) is 11.5. The molecular weight excluding hydrogens is 333 g/mol. The number of carbonyl (C=O) groups is 3. The standard InChI is InChI=1S/C16H18FN3O3S/c17-11-4-6-12(7-5-11)24-10-13(21)19-20-14(22)16(18-15(20)23)8-2-1-3-9-16/h4-7H,1-3,8-10H2,(H,18,23)(H,19,21). The summed E-state index contributed by atoms with van der Waals surface area (Å²) in [6.07, 6.45) is 4.02. The lowest BCUT2D eigenvalue weighted by molar-refractivity contribution is -0.139. The van der Waals surface area contributed by atoms with Gasteiger partial charge in [-0.25, -0.2) is 9.18 Å². The van der Waals surface area contributed by atoms with Crippen molar-refractivity contribution >= 4 is 29.6 Å². The number of hydrogen-bond donors (Lipinski definition) is 2. The number of amides is 4. The third-order valence-electron chi connectivity index (χ3n) is 4.29. The highest BCUT2D eigenvalue weighted by molar-refractivity contribution is 8.00. The van der Waals surface area contributed by atoms with E-state index in [1.165, 1.54) is 23.9 Å². The number of rotatable bonds is 4. The number of nitrogens with zero attached hydrogens (tertiary/aromatic N) is 1. The largest absolute Gasteiger partial charge is 0.344 e. The van der Waals surface area contributed by atoms with Crippen LogP contribution in [0.1, 0.15) is 32.1 Å². The molecule has 1 aromatic carbocycles. The topological polar surface area (TPSA) is 78.5 Å². The van der Waals surface area contributed by atoms with Crippen LogP contribution in [0.4, 0.5) is 9.18 Å². The van der Waals surface area contributed by atoms with Crippen LogP contribution in [-0.4, -0.2) is 34.1 Å². The molecule has 1 aliphatic carbocycles. The maximum absolute atomic E-state index is 12.8. The molecule has 128 valence electrons. The highest BCUT2D eigenvalue weighted by Gasteiger charge is 2.52. The van der Waals surface area contributed by atoms with Crippen molar-refractivity contribution in [1.29, 1.82) is 0 Å². The molecule has 2 N–H and O–H groups in total. The molecule has 0 atom stereocenters. The summed E-state index contributed by atoms with van der Waals surface area (Å²) < 4.78 is 12.8. The second kappa shape index (κ2) is 6.80. The molecule has 0 radical (unpaired) electrons. The fraction of sp³-hybridized carbons (Fsp3) is 0.438. The SMILES string of the molecule is O=C(CSc1ccc(F)cc1)NN1C(=O)NC2(CCCCC2)C1=O. The van der Waals surface area contributed by atoms with Crippen molar-refractivity contribution in [3.8, 4) is 0 Å². The van der Waals surface area contributed by atoms with Gasteiger partial charge in [0.2, 0.25) is 5.91 Å². The Kier molecular flexibility index (Phi) is 4.75. The van der Waals surface area contributed by atoms with Crippen molar-refractivity contribution in [1.82, 2.24) is 15.8 Å². The van der Waals surface area contributed by atoms with Crippen LogP contribution in [0.2, 0.25) is 0 Å². The smallest absolute Gasteiger partial charge is 0.322 e. The molecule has 0 bridgehead atoms. The molecule has 0 aromatic heterocycles. The highest BCUT2D eigenvalue weighted by Crippen LogP contribution is 2.33. The maximum Gasteiger partial charge on any atom is 0.344 e. The van der Waals surface area contributed by atoms with Crippen molar-refractivity contribution in [2.75, 3.05) is 5.75 Å². The van der Waals surface area contributed by atoms with E-state index in [0.29, 0.717) is 12.8 Å². The molecule has 2 fully saturated rings. The minimum Gasteiger partial charge on any atom is -0.322 e. The zero-order chi connectivity index (χ0) is 17.2. The van der Waals surface area contributed by atoms with E-state index in [-0.39, 0.29) is 17.5 Å². The molecule has 1 saturated heterocycles. The van der Waals surface area contributed by atoms with E-state index in [0.717, 1.165) is 29.2 Å². The van der Waals surface area contributed by atoms with Crippen LogP contribution in [-0.2, 0) is 9.59 Å². The van der Waals surface area contributed by atoms with Gasteiger partial charge in [0.15, 0.2) is 0 Å². The Bertz CT molecular complexity index is 659. The summed E-state index contributed by atoms with van der Waals surface area (Å²) in [7, 11) is 0. The molecule has 1 saturated carbocycles. The average Bonchev–Trinajstić information content (AvgIpc) is 2.79. The quantitative estimate of drug-likeness (QED) is 0.644. The first-order valence-corrected chi connectivity index (χ1v) is 8.83. The molecule has 1 heterocycles. The minimum atomic E-state index is -0.854. The molecule has 24 heavy (non-hydrogen) atoms. The Labute approximate surface area is 143 Å². The third kappa shape index (κ3) is 3.38. The van der Waals surface area contributed by atoms with Gasteiger partial charge in [0.05, 0.1) is 5.75 Å². The molecule has 2 aliphatic rings. The first kappa shape index (κ1) is 16.8. The molecule has 3 rings (SSSR count). The molecule has 4 amide bonds. The van der Waals surface area contributed by atoms with Crippen molar-refractivity contribution in [3.05, 3.63) is 30.1 Å². The Morgan fingerprint density at radius 1 is 1.21 bits per heavy atom. The van der Waals surface area contributed by atoms with Crippen molar-refractivity contribution < 1.29 is 18.8 Å². The van der Waals surface area contributed by atoms with Gasteiger partial charge >= 0.3 is 6.03 Å². The van der Waals surface area contributed by atoms with Crippen LogP contribution < -0.4 is 10.7 Å².